The van der Waals surface area contributed by atoms with Crippen LogP contribution in [-0.2, 0) is 15.1 Å². The number of hydrogen-bond donors (Lipinski definition) is 0. The number of nitrogens with zero attached hydrogens (tertiary/aromatic N) is 2. The number of benzene rings is 1. The van der Waals surface area contributed by atoms with Gasteiger partial charge in [-0.3, -0.25) is 20.2 Å². The molecule has 0 spiro atoms. The van der Waals surface area contributed by atoms with E-state index in [1.165, 1.54) is 32.1 Å². The van der Waals surface area contributed by atoms with Crippen LogP contribution in [0.2, 0.25) is 0 Å². The van der Waals surface area contributed by atoms with Gasteiger partial charge >= 0.3 is 5.97 Å². The van der Waals surface area contributed by atoms with Gasteiger partial charge in [0.15, 0.2) is 0 Å². The number of rotatable bonds is 7. The number of carbonyl (C=O) groups excluding carboxylic acids is 1. The number of allylic oxidation sites excluding steroid dienone is 1. The van der Waals surface area contributed by atoms with Gasteiger partial charge in [-0.1, -0.05) is 19.9 Å². The van der Waals surface area contributed by atoms with Crippen molar-refractivity contribution in [2.75, 3.05) is 0 Å². The van der Waals surface area contributed by atoms with E-state index >= 15 is 0 Å². The van der Waals surface area contributed by atoms with Crippen LogP contribution < -0.4 is 0 Å². The highest BCUT2D eigenvalue weighted by Gasteiger charge is 2.38. The zero-order chi connectivity index (χ0) is 19.4. The summed E-state index contributed by atoms with van der Waals surface area (Å²) in [4.78, 5) is 33.2. The molecule has 0 N–H and O–H groups in total. The smallest absolute Gasteiger partial charge is 0.331 e. The minimum atomic E-state index is -1.33. The summed E-state index contributed by atoms with van der Waals surface area (Å²) in [7, 11) is 0. The van der Waals surface area contributed by atoms with E-state index in [2.05, 4.69) is 0 Å². The molecule has 0 bridgehead atoms. The fourth-order valence-corrected chi connectivity index (χ4v) is 2.62. The predicted molar refractivity (Wildman–Crippen MR) is 92.4 cm³/mol. The van der Waals surface area contributed by atoms with E-state index < -0.39 is 27.1 Å². The van der Waals surface area contributed by atoms with Gasteiger partial charge < -0.3 is 4.74 Å². The van der Waals surface area contributed by atoms with Crippen molar-refractivity contribution >= 4 is 17.3 Å². The maximum Gasteiger partial charge on any atom is 0.331 e. The van der Waals surface area contributed by atoms with Crippen LogP contribution >= 0.6 is 0 Å². The van der Waals surface area contributed by atoms with Crippen LogP contribution in [0.25, 0.3) is 0 Å². The summed E-state index contributed by atoms with van der Waals surface area (Å²) in [6, 6.07) is 2.23. The van der Waals surface area contributed by atoms with E-state index in [4.69, 9.17) is 4.74 Å². The van der Waals surface area contributed by atoms with E-state index in [1.54, 1.807) is 6.92 Å². The molecule has 0 radical (unpaired) electrons. The van der Waals surface area contributed by atoms with Crippen LogP contribution in [-0.4, -0.2) is 15.8 Å². The van der Waals surface area contributed by atoms with E-state index in [0.717, 1.165) is 6.07 Å². The quantitative estimate of drug-likeness (QED) is 0.312. The summed E-state index contributed by atoms with van der Waals surface area (Å²) in [5, 5.41) is 22.7. The van der Waals surface area contributed by atoms with Crippen LogP contribution in [0.4, 0.5) is 11.4 Å². The Morgan fingerprint density at radius 3 is 2.32 bits per heavy atom. The third kappa shape index (κ3) is 4.62. The first-order valence-electron chi connectivity index (χ1n) is 7.88. The topological polar surface area (TPSA) is 113 Å². The molecule has 1 rings (SSSR count). The van der Waals surface area contributed by atoms with Gasteiger partial charge in [0.1, 0.15) is 5.60 Å². The molecule has 0 aliphatic rings. The average Bonchev–Trinajstić information content (AvgIpc) is 2.52. The molecular weight excluding hydrogens is 328 g/mol. The van der Waals surface area contributed by atoms with Gasteiger partial charge in [-0.25, -0.2) is 4.79 Å². The second-order valence-corrected chi connectivity index (χ2v) is 6.18. The van der Waals surface area contributed by atoms with Crippen LogP contribution in [0.3, 0.4) is 0 Å². The Balaban J connectivity index is 3.72. The lowest BCUT2D eigenvalue weighted by Crippen LogP contribution is -2.28. The van der Waals surface area contributed by atoms with Gasteiger partial charge in [-0.05, 0) is 38.7 Å². The van der Waals surface area contributed by atoms with E-state index in [1.807, 2.05) is 13.8 Å². The number of nitro benzene ring substituents is 2. The molecule has 1 atom stereocenters. The maximum absolute atomic E-state index is 11.9. The van der Waals surface area contributed by atoms with Crippen LogP contribution in [0.5, 0.6) is 0 Å². The fraction of sp³-hybridized carbons (Fsp3) is 0.471. The molecule has 0 aromatic heterocycles. The molecular formula is C17H22N2O6. The van der Waals surface area contributed by atoms with Gasteiger partial charge in [-0.2, -0.15) is 0 Å². The SMILES string of the molecule is CC=CC(=O)OC(C)(C)c1c(C(C)CC)cc([N+](=O)[O-])cc1[N+](=O)[O-]. The Labute approximate surface area is 145 Å². The molecule has 0 saturated carbocycles. The Morgan fingerprint density at radius 2 is 1.88 bits per heavy atom. The fourth-order valence-electron chi connectivity index (χ4n) is 2.62. The normalized spacial score (nSPS) is 12.8. The zero-order valence-corrected chi connectivity index (χ0v) is 14.9. The van der Waals surface area contributed by atoms with E-state index in [9.17, 15) is 25.0 Å². The zero-order valence-electron chi connectivity index (χ0n) is 14.9. The van der Waals surface area contributed by atoms with Crippen molar-refractivity contribution < 1.29 is 19.4 Å². The lowest BCUT2D eigenvalue weighted by molar-refractivity contribution is -0.395. The Hall–Kier alpha value is -2.77. The molecule has 25 heavy (non-hydrogen) atoms. The monoisotopic (exact) mass is 350 g/mol. The minimum Gasteiger partial charge on any atom is -0.451 e. The third-order valence-electron chi connectivity index (χ3n) is 3.94. The number of ether oxygens (including phenoxy) is 1. The van der Waals surface area contributed by atoms with Crippen molar-refractivity contribution in [1.82, 2.24) is 0 Å². The highest BCUT2D eigenvalue weighted by Crippen LogP contribution is 2.42. The van der Waals surface area contributed by atoms with E-state index in [0.29, 0.717) is 12.0 Å². The molecule has 1 aromatic carbocycles. The summed E-state index contributed by atoms with van der Waals surface area (Å²) in [5.74, 6) is -0.830. The third-order valence-corrected chi connectivity index (χ3v) is 3.94. The summed E-state index contributed by atoms with van der Waals surface area (Å²) in [6.45, 7) is 8.41. The Kier molecular flexibility index (Phi) is 6.38. The Bertz CT molecular complexity index is 724. The molecule has 136 valence electrons. The number of carbonyl (C=O) groups is 1. The average molecular weight is 350 g/mol. The molecule has 0 amide bonds. The molecule has 8 heteroatoms. The number of hydrogen-bond acceptors (Lipinski definition) is 6. The standard InChI is InChI=1S/C17H22N2O6/c1-6-8-15(20)25-17(4,5)16-13(11(3)7-2)9-12(18(21)22)10-14(16)19(23)24/h6,8-11H,7H2,1-5H3. The summed E-state index contributed by atoms with van der Waals surface area (Å²) >= 11 is 0. The summed E-state index contributed by atoms with van der Waals surface area (Å²) in [6.07, 6.45) is 3.32. The van der Waals surface area contributed by atoms with Crippen molar-refractivity contribution in [2.45, 2.75) is 52.6 Å². The molecule has 0 aliphatic heterocycles. The number of esters is 1. The molecule has 1 unspecified atom stereocenters. The second kappa shape index (κ2) is 7.87. The molecule has 1 aromatic rings. The van der Waals surface area contributed by atoms with Crippen molar-refractivity contribution in [2.24, 2.45) is 0 Å². The van der Waals surface area contributed by atoms with Crippen molar-refractivity contribution in [3.63, 3.8) is 0 Å². The minimum absolute atomic E-state index is 0.176. The van der Waals surface area contributed by atoms with Crippen LogP contribution in [0.1, 0.15) is 58.1 Å². The lowest BCUT2D eigenvalue weighted by atomic mass is 9.84. The molecule has 8 nitrogen and oxygen atoms in total. The van der Waals surface area contributed by atoms with Crippen LogP contribution in [0.15, 0.2) is 24.3 Å². The molecule has 0 fully saturated rings. The first-order valence-corrected chi connectivity index (χ1v) is 7.88. The van der Waals surface area contributed by atoms with Gasteiger partial charge in [0.05, 0.1) is 21.5 Å². The number of nitro groups is 2. The molecule has 0 aliphatic carbocycles. The summed E-state index contributed by atoms with van der Waals surface area (Å²) in [5.41, 5.74) is -1.51. The van der Waals surface area contributed by atoms with Crippen molar-refractivity contribution in [3.8, 4) is 0 Å². The number of non-ortho nitro benzene ring substituents is 1. The van der Waals surface area contributed by atoms with Gasteiger partial charge in [0, 0.05) is 12.1 Å². The first-order chi connectivity index (χ1) is 11.5. The highest BCUT2D eigenvalue weighted by atomic mass is 16.6. The second-order valence-electron chi connectivity index (χ2n) is 6.18. The lowest BCUT2D eigenvalue weighted by Gasteiger charge is -2.28. The van der Waals surface area contributed by atoms with Gasteiger partial charge in [-0.15, -0.1) is 0 Å². The van der Waals surface area contributed by atoms with Gasteiger partial charge in [0.25, 0.3) is 11.4 Å². The predicted octanol–water partition coefficient (Wildman–Crippen LogP) is 4.37. The molecule has 0 saturated heterocycles. The van der Waals surface area contributed by atoms with Crippen molar-refractivity contribution in [3.05, 3.63) is 55.6 Å². The summed E-state index contributed by atoms with van der Waals surface area (Å²) < 4.78 is 5.39. The Morgan fingerprint density at radius 1 is 1.28 bits per heavy atom. The maximum atomic E-state index is 11.9. The van der Waals surface area contributed by atoms with Gasteiger partial charge in [0.2, 0.25) is 0 Å². The largest absolute Gasteiger partial charge is 0.451 e. The first kappa shape index (κ1) is 20.3. The van der Waals surface area contributed by atoms with Crippen molar-refractivity contribution in [1.29, 1.82) is 0 Å². The highest BCUT2D eigenvalue weighted by molar-refractivity contribution is 5.82. The van der Waals surface area contributed by atoms with E-state index in [-0.39, 0.29) is 17.2 Å². The molecule has 0 heterocycles. The van der Waals surface area contributed by atoms with Crippen LogP contribution in [0, 0.1) is 20.2 Å².